The summed E-state index contributed by atoms with van der Waals surface area (Å²) in [6, 6.07) is 3.52. The van der Waals surface area contributed by atoms with E-state index < -0.39 is 0 Å². The Kier molecular flexibility index (Phi) is 5.97. The highest BCUT2D eigenvalue weighted by Gasteiger charge is 2.17. The van der Waals surface area contributed by atoms with Crippen LogP contribution in [0.25, 0.3) is 0 Å². The van der Waals surface area contributed by atoms with E-state index >= 15 is 0 Å². The monoisotopic (exact) mass is 308 g/mol. The molecule has 4 nitrogen and oxygen atoms in total. The fourth-order valence-corrected chi connectivity index (χ4v) is 2.39. The van der Waals surface area contributed by atoms with Crippen molar-refractivity contribution in [3.63, 3.8) is 0 Å². The molecule has 0 N–H and O–H groups in total. The molecule has 0 aliphatic heterocycles. The number of thiophene rings is 1. The maximum atomic E-state index is 11.7. The average Bonchev–Trinajstić information content (AvgIpc) is 2.65. The van der Waals surface area contributed by atoms with Crippen molar-refractivity contribution < 1.29 is 19.0 Å². The van der Waals surface area contributed by atoms with Crippen LogP contribution in [0.3, 0.4) is 0 Å². The van der Waals surface area contributed by atoms with Crippen molar-refractivity contribution in [2.75, 3.05) is 27.4 Å². The smallest absolute Gasteiger partial charge is 0.348 e. The normalized spacial score (nSPS) is 10.8. The SMILES string of the molecule is COCC(COC)OC(=O)c1ccc(Br)s1. The summed E-state index contributed by atoms with van der Waals surface area (Å²) in [5.74, 6) is -0.352. The van der Waals surface area contributed by atoms with Crippen LogP contribution >= 0.6 is 27.3 Å². The van der Waals surface area contributed by atoms with Crippen molar-refractivity contribution >= 4 is 33.2 Å². The minimum atomic E-state index is -0.372. The first-order valence-electron chi connectivity index (χ1n) is 4.61. The largest absolute Gasteiger partial charge is 0.453 e. The molecule has 0 aromatic carbocycles. The molecule has 0 atom stereocenters. The molecule has 0 saturated heterocycles. The van der Waals surface area contributed by atoms with Gasteiger partial charge in [-0.15, -0.1) is 11.3 Å². The Hall–Kier alpha value is -0.430. The molecule has 16 heavy (non-hydrogen) atoms. The second-order valence-electron chi connectivity index (χ2n) is 3.04. The third-order valence-electron chi connectivity index (χ3n) is 1.75. The summed E-state index contributed by atoms with van der Waals surface area (Å²) in [5.41, 5.74) is 0. The van der Waals surface area contributed by atoms with E-state index in [0.29, 0.717) is 18.1 Å². The maximum absolute atomic E-state index is 11.7. The van der Waals surface area contributed by atoms with Crippen molar-refractivity contribution in [1.82, 2.24) is 0 Å². The molecule has 1 aromatic rings. The van der Waals surface area contributed by atoms with Gasteiger partial charge in [0.15, 0.2) is 0 Å². The molecular formula is C10H13BrO4S. The van der Waals surface area contributed by atoms with Gasteiger partial charge in [-0.1, -0.05) is 0 Å². The number of methoxy groups -OCH3 is 2. The molecular weight excluding hydrogens is 296 g/mol. The van der Waals surface area contributed by atoms with Crippen LogP contribution in [0.4, 0.5) is 0 Å². The Morgan fingerprint density at radius 1 is 1.38 bits per heavy atom. The highest BCUT2D eigenvalue weighted by molar-refractivity contribution is 9.11. The lowest BCUT2D eigenvalue weighted by Gasteiger charge is -2.15. The van der Waals surface area contributed by atoms with Gasteiger partial charge in [0.25, 0.3) is 0 Å². The Balaban J connectivity index is 2.54. The Morgan fingerprint density at radius 3 is 2.44 bits per heavy atom. The number of hydrogen-bond donors (Lipinski definition) is 0. The number of ether oxygens (including phenoxy) is 3. The first kappa shape index (κ1) is 13.6. The van der Waals surface area contributed by atoms with Gasteiger partial charge in [-0.3, -0.25) is 0 Å². The lowest BCUT2D eigenvalue weighted by atomic mass is 10.4. The van der Waals surface area contributed by atoms with Crippen molar-refractivity contribution in [3.8, 4) is 0 Å². The summed E-state index contributed by atoms with van der Waals surface area (Å²) in [5, 5.41) is 0. The molecule has 1 rings (SSSR count). The Bertz CT molecular complexity index is 333. The second-order valence-corrected chi connectivity index (χ2v) is 5.50. The van der Waals surface area contributed by atoms with Crippen LogP contribution in [0.5, 0.6) is 0 Å². The summed E-state index contributed by atoms with van der Waals surface area (Å²) < 4.78 is 16.0. The van der Waals surface area contributed by atoms with E-state index in [0.717, 1.165) is 3.79 Å². The van der Waals surface area contributed by atoms with E-state index in [2.05, 4.69) is 15.9 Å². The Morgan fingerprint density at radius 2 is 2.00 bits per heavy atom. The van der Waals surface area contributed by atoms with Gasteiger partial charge in [0.1, 0.15) is 11.0 Å². The summed E-state index contributed by atoms with van der Waals surface area (Å²) >= 11 is 4.62. The van der Waals surface area contributed by atoms with Crippen molar-refractivity contribution in [2.24, 2.45) is 0 Å². The fourth-order valence-electron chi connectivity index (χ4n) is 1.12. The number of carbonyl (C=O) groups is 1. The van der Waals surface area contributed by atoms with Crippen LogP contribution < -0.4 is 0 Å². The van der Waals surface area contributed by atoms with Crippen molar-refractivity contribution in [3.05, 3.63) is 20.8 Å². The molecule has 0 radical (unpaired) electrons. The van der Waals surface area contributed by atoms with E-state index in [-0.39, 0.29) is 12.1 Å². The highest BCUT2D eigenvalue weighted by atomic mass is 79.9. The first-order chi connectivity index (χ1) is 7.67. The quantitative estimate of drug-likeness (QED) is 0.757. The van der Waals surface area contributed by atoms with Gasteiger partial charge >= 0.3 is 5.97 Å². The second kappa shape index (κ2) is 7.01. The van der Waals surface area contributed by atoms with Crippen molar-refractivity contribution in [1.29, 1.82) is 0 Å². The standard InChI is InChI=1S/C10H13BrO4S/c1-13-5-7(6-14-2)15-10(12)8-3-4-9(11)16-8/h3-4,7H,5-6H2,1-2H3. The molecule has 0 aliphatic carbocycles. The molecule has 0 unspecified atom stereocenters. The van der Waals surface area contributed by atoms with E-state index in [9.17, 15) is 4.79 Å². The highest BCUT2D eigenvalue weighted by Crippen LogP contribution is 2.23. The Labute approximate surface area is 107 Å². The number of halogens is 1. The van der Waals surface area contributed by atoms with E-state index in [1.54, 1.807) is 20.3 Å². The molecule has 0 bridgehead atoms. The van der Waals surface area contributed by atoms with Crippen molar-refractivity contribution in [2.45, 2.75) is 6.10 Å². The molecule has 0 amide bonds. The van der Waals surface area contributed by atoms with Gasteiger partial charge in [0.05, 0.1) is 17.0 Å². The van der Waals surface area contributed by atoms with E-state index in [4.69, 9.17) is 14.2 Å². The lowest BCUT2D eigenvalue weighted by molar-refractivity contribution is -0.0220. The molecule has 0 aliphatic rings. The number of rotatable bonds is 6. The molecule has 90 valence electrons. The van der Waals surface area contributed by atoms with Gasteiger partial charge in [0, 0.05) is 14.2 Å². The zero-order valence-electron chi connectivity index (χ0n) is 9.07. The minimum Gasteiger partial charge on any atom is -0.453 e. The van der Waals surface area contributed by atoms with Crippen LogP contribution in [-0.2, 0) is 14.2 Å². The van der Waals surface area contributed by atoms with E-state index in [1.165, 1.54) is 11.3 Å². The zero-order chi connectivity index (χ0) is 12.0. The topological polar surface area (TPSA) is 44.8 Å². The lowest BCUT2D eigenvalue weighted by Crippen LogP contribution is -2.27. The number of carbonyl (C=O) groups excluding carboxylic acids is 1. The molecule has 1 heterocycles. The fraction of sp³-hybridized carbons (Fsp3) is 0.500. The number of hydrogen-bond acceptors (Lipinski definition) is 5. The van der Waals surface area contributed by atoms with Crippen LogP contribution in [-0.4, -0.2) is 39.5 Å². The van der Waals surface area contributed by atoms with Gasteiger partial charge in [-0.2, -0.15) is 0 Å². The number of esters is 1. The van der Waals surface area contributed by atoms with Gasteiger partial charge in [-0.05, 0) is 28.1 Å². The maximum Gasteiger partial charge on any atom is 0.348 e. The van der Waals surface area contributed by atoms with Crippen LogP contribution in [0.15, 0.2) is 15.9 Å². The van der Waals surface area contributed by atoms with Crippen LogP contribution in [0.1, 0.15) is 9.67 Å². The van der Waals surface area contributed by atoms with Crippen LogP contribution in [0.2, 0.25) is 0 Å². The summed E-state index contributed by atoms with van der Waals surface area (Å²) in [6.07, 6.45) is -0.372. The minimum absolute atomic E-state index is 0.326. The zero-order valence-corrected chi connectivity index (χ0v) is 11.5. The van der Waals surface area contributed by atoms with Gasteiger partial charge < -0.3 is 14.2 Å². The molecule has 6 heteroatoms. The first-order valence-corrected chi connectivity index (χ1v) is 6.22. The van der Waals surface area contributed by atoms with Crippen LogP contribution in [0, 0.1) is 0 Å². The molecule has 0 fully saturated rings. The molecule has 0 saturated carbocycles. The predicted octanol–water partition coefficient (Wildman–Crippen LogP) is 2.33. The molecule has 1 aromatic heterocycles. The predicted molar refractivity (Wildman–Crippen MR) is 65.0 cm³/mol. The third kappa shape index (κ3) is 4.21. The summed E-state index contributed by atoms with van der Waals surface area (Å²) in [6.45, 7) is 0.651. The average molecular weight is 309 g/mol. The third-order valence-corrected chi connectivity index (χ3v) is 3.36. The summed E-state index contributed by atoms with van der Waals surface area (Å²) in [4.78, 5) is 12.2. The van der Waals surface area contributed by atoms with E-state index in [1.807, 2.05) is 6.07 Å². The summed E-state index contributed by atoms with van der Waals surface area (Å²) in [7, 11) is 3.11. The van der Waals surface area contributed by atoms with Gasteiger partial charge in [0.2, 0.25) is 0 Å². The molecule has 0 spiro atoms. The van der Waals surface area contributed by atoms with Gasteiger partial charge in [-0.25, -0.2) is 4.79 Å².